The third-order valence-electron chi connectivity index (χ3n) is 6.43. The molecule has 4 aromatic rings. The Balaban J connectivity index is 1.46. The summed E-state index contributed by atoms with van der Waals surface area (Å²) in [7, 11) is 0. The highest BCUT2D eigenvalue weighted by Crippen LogP contribution is 2.36. The van der Waals surface area contributed by atoms with Crippen LogP contribution >= 0.6 is 0 Å². The second kappa shape index (κ2) is 9.30. The Hall–Kier alpha value is -4.45. The van der Waals surface area contributed by atoms with E-state index in [1.54, 1.807) is 29.4 Å². The molecule has 182 valence electrons. The first-order valence-electron chi connectivity index (χ1n) is 11.8. The lowest BCUT2D eigenvalue weighted by Crippen LogP contribution is -2.46. The summed E-state index contributed by atoms with van der Waals surface area (Å²) >= 11 is 0. The van der Waals surface area contributed by atoms with Crippen LogP contribution in [0.1, 0.15) is 37.0 Å². The summed E-state index contributed by atoms with van der Waals surface area (Å²) in [5.74, 6) is -0.822. The van der Waals surface area contributed by atoms with Crippen molar-refractivity contribution in [1.29, 1.82) is 5.26 Å². The number of hydrogen-bond donors (Lipinski definition) is 2. The SMILES string of the molecule is CC(C)NC(=O)c1ccc(N2C=CCC(CC#N)(n3cc(-c4ccnc5[nH]ccc45)cn3)C2)c(F)c1. The van der Waals surface area contributed by atoms with E-state index in [0.717, 1.165) is 22.2 Å². The number of fused-ring (bicyclic) bond motifs is 1. The molecule has 0 saturated heterocycles. The molecule has 0 radical (unpaired) electrons. The van der Waals surface area contributed by atoms with Gasteiger partial charge in [0.25, 0.3) is 5.91 Å². The third-order valence-corrected chi connectivity index (χ3v) is 6.43. The predicted molar refractivity (Wildman–Crippen MR) is 136 cm³/mol. The molecular formula is C27H26FN7O. The lowest BCUT2D eigenvalue weighted by Gasteiger charge is -2.39. The molecular weight excluding hydrogens is 457 g/mol. The van der Waals surface area contributed by atoms with Crippen LogP contribution in [0.15, 0.2) is 67.4 Å². The number of anilines is 1. The summed E-state index contributed by atoms with van der Waals surface area (Å²) in [4.78, 5) is 21.5. The van der Waals surface area contributed by atoms with E-state index >= 15 is 4.39 Å². The molecule has 1 aliphatic rings. The Labute approximate surface area is 208 Å². The average Bonchev–Trinajstić information content (AvgIpc) is 3.54. The van der Waals surface area contributed by atoms with Crippen molar-refractivity contribution < 1.29 is 9.18 Å². The first-order valence-corrected chi connectivity index (χ1v) is 11.8. The van der Waals surface area contributed by atoms with Crippen molar-refractivity contribution in [2.45, 2.75) is 38.3 Å². The minimum absolute atomic E-state index is 0.0451. The second-order valence-corrected chi connectivity index (χ2v) is 9.34. The zero-order chi connectivity index (χ0) is 25.3. The molecule has 2 N–H and O–H groups in total. The number of carbonyl (C=O) groups is 1. The van der Waals surface area contributed by atoms with Gasteiger partial charge in [-0.2, -0.15) is 10.4 Å². The van der Waals surface area contributed by atoms with Gasteiger partial charge in [0.15, 0.2) is 0 Å². The van der Waals surface area contributed by atoms with Crippen LogP contribution in [-0.4, -0.2) is 38.2 Å². The van der Waals surface area contributed by atoms with Crippen molar-refractivity contribution in [3.05, 3.63) is 78.8 Å². The molecule has 1 aromatic carbocycles. The van der Waals surface area contributed by atoms with Gasteiger partial charge in [0.1, 0.15) is 11.5 Å². The number of nitrogens with zero attached hydrogens (tertiary/aromatic N) is 5. The first kappa shape index (κ1) is 23.3. The van der Waals surface area contributed by atoms with Gasteiger partial charge in [-0.3, -0.25) is 9.48 Å². The quantitative estimate of drug-likeness (QED) is 0.413. The van der Waals surface area contributed by atoms with Gasteiger partial charge in [0.2, 0.25) is 0 Å². The van der Waals surface area contributed by atoms with Gasteiger partial charge in [-0.1, -0.05) is 6.08 Å². The molecule has 0 fully saturated rings. The highest BCUT2D eigenvalue weighted by molar-refractivity contribution is 5.95. The van der Waals surface area contributed by atoms with Crippen LogP contribution in [0.2, 0.25) is 0 Å². The molecule has 4 heterocycles. The fourth-order valence-electron chi connectivity index (χ4n) is 4.68. The molecule has 36 heavy (non-hydrogen) atoms. The number of rotatable bonds is 6. The van der Waals surface area contributed by atoms with Crippen molar-refractivity contribution in [1.82, 2.24) is 25.1 Å². The number of aromatic amines is 1. The molecule has 1 aliphatic heterocycles. The standard InChI is InChI=1S/C27H26FN7O/c1-18(2)33-26(36)19-4-5-24(23(28)14-19)34-13-3-8-27(17-34,9-10-29)35-16-20(15-32-35)21-6-11-30-25-22(21)7-12-31-25/h3-7,11-16,18H,8-9,17H2,1-2H3,(H,30,31)(H,33,36). The highest BCUT2D eigenvalue weighted by Gasteiger charge is 2.37. The molecule has 0 bridgehead atoms. The van der Waals surface area contributed by atoms with E-state index in [0.29, 0.717) is 18.7 Å². The predicted octanol–water partition coefficient (Wildman–Crippen LogP) is 4.74. The number of carbonyl (C=O) groups excluding carboxylic acids is 1. The molecule has 1 unspecified atom stereocenters. The molecule has 3 aromatic heterocycles. The summed E-state index contributed by atoms with van der Waals surface area (Å²) in [5.41, 5.74) is 2.60. The van der Waals surface area contributed by atoms with Crippen LogP contribution in [0.25, 0.3) is 22.2 Å². The zero-order valence-corrected chi connectivity index (χ0v) is 20.1. The molecule has 1 amide bonds. The second-order valence-electron chi connectivity index (χ2n) is 9.34. The number of hydrogen-bond acceptors (Lipinski definition) is 5. The van der Waals surface area contributed by atoms with Crippen LogP contribution in [0.5, 0.6) is 0 Å². The van der Waals surface area contributed by atoms with E-state index in [1.165, 1.54) is 6.07 Å². The van der Waals surface area contributed by atoms with Crippen LogP contribution in [0.4, 0.5) is 10.1 Å². The number of H-pyrrole nitrogens is 1. The largest absolute Gasteiger partial charge is 0.350 e. The number of allylic oxidation sites excluding steroid dienone is 1. The minimum Gasteiger partial charge on any atom is -0.350 e. The maximum absolute atomic E-state index is 15.2. The monoisotopic (exact) mass is 483 g/mol. The van der Waals surface area contributed by atoms with E-state index in [1.807, 2.05) is 55.3 Å². The number of benzene rings is 1. The Kier molecular flexibility index (Phi) is 6.02. The maximum Gasteiger partial charge on any atom is 0.251 e. The zero-order valence-electron chi connectivity index (χ0n) is 20.1. The smallest absolute Gasteiger partial charge is 0.251 e. The molecule has 0 aliphatic carbocycles. The van der Waals surface area contributed by atoms with Crippen LogP contribution in [0.3, 0.4) is 0 Å². The van der Waals surface area contributed by atoms with Crippen molar-refractivity contribution in [3.8, 4) is 17.2 Å². The number of nitrogens with one attached hydrogen (secondary N) is 2. The fraction of sp³-hybridized carbons (Fsp3) is 0.259. The third kappa shape index (κ3) is 4.22. The van der Waals surface area contributed by atoms with Crippen molar-refractivity contribution in [2.75, 3.05) is 11.4 Å². The van der Waals surface area contributed by atoms with Gasteiger partial charge in [-0.25, -0.2) is 9.37 Å². The van der Waals surface area contributed by atoms with E-state index in [-0.39, 0.29) is 23.9 Å². The van der Waals surface area contributed by atoms with Crippen molar-refractivity contribution in [2.24, 2.45) is 0 Å². The summed E-state index contributed by atoms with van der Waals surface area (Å²) < 4.78 is 17.0. The summed E-state index contributed by atoms with van der Waals surface area (Å²) in [5, 5.41) is 18.1. The van der Waals surface area contributed by atoms with Gasteiger partial charge < -0.3 is 15.2 Å². The van der Waals surface area contributed by atoms with Crippen LogP contribution in [0, 0.1) is 17.1 Å². The van der Waals surface area contributed by atoms with Gasteiger partial charge >= 0.3 is 0 Å². The first-order chi connectivity index (χ1) is 17.4. The van der Waals surface area contributed by atoms with E-state index in [4.69, 9.17) is 0 Å². The highest BCUT2D eigenvalue weighted by atomic mass is 19.1. The molecule has 1 atom stereocenters. The molecule has 8 nitrogen and oxygen atoms in total. The minimum atomic E-state index is -0.688. The maximum atomic E-state index is 15.2. The van der Waals surface area contributed by atoms with Gasteiger partial charge in [0, 0.05) is 53.9 Å². The number of halogens is 1. The topological polar surface area (TPSA) is 103 Å². The van der Waals surface area contributed by atoms with E-state index in [2.05, 4.69) is 26.5 Å². The van der Waals surface area contributed by atoms with E-state index < -0.39 is 11.4 Å². The lowest BCUT2D eigenvalue weighted by molar-refractivity contribution is 0.0942. The summed E-state index contributed by atoms with van der Waals surface area (Å²) in [6.45, 7) is 4.06. The molecule has 0 spiro atoms. The number of nitriles is 1. The van der Waals surface area contributed by atoms with Gasteiger partial charge in [-0.15, -0.1) is 0 Å². The van der Waals surface area contributed by atoms with Crippen molar-refractivity contribution >= 4 is 22.6 Å². The Bertz CT molecular complexity index is 1500. The van der Waals surface area contributed by atoms with Crippen LogP contribution in [-0.2, 0) is 5.54 Å². The summed E-state index contributed by atoms with van der Waals surface area (Å²) in [6.07, 6.45) is 11.8. The van der Waals surface area contributed by atoms with Gasteiger partial charge in [-0.05, 0) is 56.2 Å². The number of amides is 1. The molecule has 0 saturated carbocycles. The fourth-order valence-corrected chi connectivity index (χ4v) is 4.68. The number of aromatic nitrogens is 4. The summed E-state index contributed by atoms with van der Waals surface area (Å²) in [6, 6.07) is 10.6. The molecule has 5 rings (SSSR count). The Morgan fingerprint density at radius 2 is 2.19 bits per heavy atom. The normalized spacial score (nSPS) is 17.5. The van der Waals surface area contributed by atoms with E-state index in [9.17, 15) is 10.1 Å². The Morgan fingerprint density at radius 3 is 2.97 bits per heavy atom. The van der Waals surface area contributed by atoms with Gasteiger partial charge in [0.05, 0.1) is 29.9 Å². The Morgan fingerprint density at radius 1 is 1.33 bits per heavy atom. The van der Waals surface area contributed by atoms with Crippen LogP contribution < -0.4 is 10.2 Å². The number of pyridine rings is 1. The van der Waals surface area contributed by atoms with Crippen molar-refractivity contribution in [3.63, 3.8) is 0 Å². The average molecular weight is 484 g/mol. The molecule has 9 heteroatoms. The lowest BCUT2D eigenvalue weighted by atomic mass is 9.88.